The summed E-state index contributed by atoms with van der Waals surface area (Å²) in [5.74, 6) is 0.237. The van der Waals surface area contributed by atoms with Gasteiger partial charge in [-0.1, -0.05) is 18.2 Å². The largest absolute Gasteiger partial charge is 0.323 e. The van der Waals surface area contributed by atoms with E-state index < -0.39 is 0 Å². The molecule has 2 aromatic heterocycles. The number of benzene rings is 1. The lowest BCUT2D eigenvalue weighted by atomic mass is 9.96. The summed E-state index contributed by atoms with van der Waals surface area (Å²) in [5.41, 5.74) is 1.67. The summed E-state index contributed by atoms with van der Waals surface area (Å²) in [7, 11) is 0. The van der Waals surface area contributed by atoms with Crippen LogP contribution in [0.4, 0.5) is 0 Å². The van der Waals surface area contributed by atoms with Crippen molar-refractivity contribution >= 4 is 39.6 Å². The molecule has 1 aromatic carbocycles. The summed E-state index contributed by atoms with van der Waals surface area (Å²) in [6, 6.07) is 9.38. The number of para-hydroxylation sites is 1. The highest BCUT2D eigenvalue weighted by Gasteiger charge is 2.23. The minimum Gasteiger partial charge on any atom is -0.323 e. The van der Waals surface area contributed by atoms with E-state index in [2.05, 4.69) is 4.98 Å². The number of carbonyl (C=O) groups is 1. The molecule has 0 fully saturated rings. The zero-order chi connectivity index (χ0) is 15.3. The summed E-state index contributed by atoms with van der Waals surface area (Å²) in [5, 5.41) is 0.685. The number of fused-ring (bicyclic) bond motifs is 3. The van der Waals surface area contributed by atoms with E-state index in [1.165, 1.54) is 15.9 Å². The summed E-state index contributed by atoms with van der Waals surface area (Å²) in [6.45, 7) is 0. The van der Waals surface area contributed by atoms with Crippen molar-refractivity contribution in [2.24, 2.45) is 0 Å². The van der Waals surface area contributed by atoms with Crippen LogP contribution in [0.3, 0.4) is 0 Å². The van der Waals surface area contributed by atoms with Crippen molar-refractivity contribution < 1.29 is 4.79 Å². The topological polar surface area (TPSA) is 54.9 Å². The van der Waals surface area contributed by atoms with Gasteiger partial charge in [0.15, 0.2) is 4.77 Å². The Bertz CT molecular complexity index is 1010. The summed E-state index contributed by atoms with van der Waals surface area (Å²) >= 11 is 6.84. The van der Waals surface area contributed by atoms with Gasteiger partial charge in [0, 0.05) is 17.7 Å². The zero-order valence-electron chi connectivity index (χ0n) is 11.6. The van der Waals surface area contributed by atoms with Crippen LogP contribution in [-0.2, 0) is 17.6 Å². The van der Waals surface area contributed by atoms with E-state index in [1.54, 1.807) is 0 Å². The molecule has 1 aliphatic carbocycles. The maximum absolute atomic E-state index is 13.0. The zero-order valence-corrected chi connectivity index (χ0v) is 13.2. The molecule has 0 radical (unpaired) electrons. The van der Waals surface area contributed by atoms with Gasteiger partial charge in [-0.05, 0) is 36.3 Å². The predicted octanol–water partition coefficient (Wildman–Crippen LogP) is 3.17. The number of carbonyl (C=O) groups excluding carboxylic acids is 1. The maximum Gasteiger partial charge on any atom is 0.267 e. The van der Waals surface area contributed by atoms with Crippen molar-refractivity contribution in [1.29, 1.82) is 0 Å². The Hall–Kier alpha value is -2.05. The van der Waals surface area contributed by atoms with Gasteiger partial charge < -0.3 is 4.98 Å². The van der Waals surface area contributed by atoms with Crippen LogP contribution >= 0.6 is 23.6 Å². The minimum atomic E-state index is -0.100. The molecule has 2 heterocycles. The second-order valence-electron chi connectivity index (χ2n) is 5.33. The lowest BCUT2D eigenvalue weighted by molar-refractivity contribution is -0.118. The number of thiophene rings is 1. The van der Waals surface area contributed by atoms with Crippen LogP contribution in [0.2, 0.25) is 0 Å². The van der Waals surface area contributed by atoms with Gasteiger partial charge in [-0.3, -0.25) is 14.2 Å². The molecule has 4 nitrogen and oxygen atoms in total. The number of Topliss-reactive ketones (excluding diaryl/α,β-unsaturated/α-hetero) is 1. The van der Waals surface area contributed by atoms with Gasteiger partial charge in [0.25, 0.3) is 5.56 Å². The highest BCUT2D eigenvalue weighted by atomic mass is 32.1. The molecular formula is C16H12N2O2S2. The fourth-order valence-electron chi connectivity index (χ4n) is 2.93. The second kappa shape index (κ2) is 5.00. The van der Waals surface area contributed by atoms with Gasteiger partial charge in [-0.2, -0.15) is 0 Å². The van der Waals surface area contributed by atoms with Crippen LogP contribution in [0.15, 0.2) is 35.1 Å². The highest BCUT2D eigenvalue weighted by molar-refractivity contribution is 7.71. The molecule has 110 valence electrons. The first kappa shape index (κ1) is 13.6. The summed E-state index contributed by atoms with van der Waals surface area (Å²) in [6.07, 6.45) is 1.59. The van der Waals surface area contributed by atoms with Crippen molar-refractivity contribution in [3.05, 3.63) is 55.9 Å². The highest BCUT2D eigenvalue weighted by Crippen LogP contribution is 2.32. The van der Waals surface area contributed by atoms with Crippen molar-refractivity contribution in [3.8, 4) is 5.69 Å². The van der Waals surface area contributed by atoms with E-state index in [1.807, 2.05) is 30.3 Å². The third-order valence-corrected chi connectivity index (χ3v) is 5.39. The Morgan fingerprint density at radius 3 is 2.68 bits per heavy atom. The summed E-state index contributed by atoms with van der Waals surface area (Å²) in [4.78, 5) is 29.5. The molecule has 0 aliphatic heterocycles. The van der Waals surface area contributed by atoms with Gasteiger partial charge in [-0.25, -0.2) is 0 Å². The predicted molar refractivity (Wildman–Crippen MR) is 89.6 cm³/mol. The Kier molecular flexibility index (Phi) is 3.09. The first-order valence-electron chi connectivity index (χ1n) is 7.02. The van der Waals surface area contributed by atoms with Crippen LogP contribution < -0.4 is 5.56 Å². The van der Waals surface area contributed by atoms with E-state index in [9.17, 15) is 9.59 Å². The van der Waals surface area contributed by atoms with Crippen LogP contribution in [0.5, 0.6) is 0 Å². The van der Waals surface area contributed by atoms with Crippen LogP contribution in [0.25, 0.3) is 15.9 Å². The van der Waals surface area contributed by atoms with E-state index in [-0.39, 0.29) is 11.3 Å². The molecule has 0 amide bonds. The quantitative estimate of drug-likeness (QED) is 0.698. The molecule has 4 rings (SSSR count). The number of aromatic amines is 1. The molecule has 22 heavy (non-hydrogen) atoms. The van der Waals surface area contributed by atoms with Gasteiger partial charge in [0.2, 0.25) is 0 Å². The van der Waals surface area contributed by atoms with E-state index in [0.717, 1.165) is 21.0 Å². The number of hydrogen-bond donors (Lipinski definition) is 1. The average molecular weight is 328 g/mol. The minimum absolute atomic E-state index is 0.100. The van der Waals surface area contributed by atoms with Crippen molar-refractivity contribution in [3.63, 3.8) is 0 Å². The number of hydrogen-bond acceptors (Lipinski definition) is 4. The monoisotopic (exact) mass is 328 g/mol. The fraction of sp³-hybridized carbons (Fsp3) is 0.188. The first-order chi connectivity index (χ1) is 10.6. The number of nitrogens with one attached hydrogen (secondary N) is 1. The lowest BCUT2D eigenvalue weighted by Gasteiger charge is -2.10. The fourth-order valence-corrected chi connectivity index (χ4v) is 4.56. The van der Waals surface area contributed by atoms with Gasteiger partial charge in [-0.15, -0.1) is 11.3 Å². The van der Waals surface area contributed by atoms with E-state index >= 15 is 0 Å². The molecule has 6 heteroatoms. The molecule has 0 saturated heterocycles. The summed E-state index contributed by atoms with van der Waals surface area (Å²) < 4.78 is 1.91. The molecule has 0 bridgehead atoms. The second-order valence-corrected chi connectivity index (χ2v) is 6.82. The van der Waals surface area contributed by atoms with Crippen LogP contribution in [-0.4, -0.2) is 15.3 Å². The van der Waals surface area contributed by atoms with Gasteiger partial charge in [0.05, 0.1) is 11.1 Å². The van der Waals surface area contributed by atoms with Crippen molar-refractivity contribution in [1.82, 2.24) is 9.55 Å². The number of H-pyrrole nitrogens is 1. The molecular weight excluding hydrogens is 316 g/mol. The standard InChI is InChI=1S/C16H12N2O2S2/c19-10-6-7-11-12(8-10)22-14-13(11)15(20)18(16(21)17-14)9-4-2-1-3-5-9/h1-5H,6-8H2,(H,17,21). The SMILES string of the molecule is O=C1CCc2c(sc3[nH]c(=S)n(-c4ccccc4)c(=O)c23)C1. The normalized spacial score (nSPS) is 14.3. The van der Waals surface area contributed by atoms with Crippen molar-refractivity contribution in [2.75, 3.05) is 0 Å². The molecule has 0 saturated carbocycles. The van der Waals surface area contributed by atoms with Crippen LogP contribution in [0.1, 0.15) is 16.9 Å². The molecule has 1 aliphatic rings. The van der Waals surface area contributed by atoms with E-state index in [0.29, 0.717) is 29.4 Å². The Labute approximate surface area is 135 Å². The van der Waals surface area contributed by atoms with Gasteiger partial charge in [0.1, 0.15) is 10.6 Å². The molecule has 0 atom stereocenters. The number of aromatic nitrogens is 2. The Balaban J connectivity index is 2.07. The number of rotatable bonds is 1. The average Bonchev–Trinajstić information content (AvgIpc) is 2.85. The first-order valence-corrected chi connectivity index (χ1v) is 8.24. The Morgan fingerprint density at radius 1 is 1.14 bits per heavy atom. The molecule has 1 N–H and O–H groups in total. The Morgan fingerprint density at radius 2 is 1.91 bits per heavy atom. The van der Waals surface area contributed by atoms with E-state index in [4.69, 9.17) is 12.2 Å². The van der Waals surface area contributed by atoms with Crippen LogP contribution in [0, 0.1) is 4.77 Å². The maximum atomic E-state index is 13.0. The smallest absolute Gasteiger partial charge is 0.267 e. The third kappa shape index (κ3) is 1.99. The number of ketones is 1. The number of aryl methyl sites for hydroxylation is 1. The molecule has 0 spiro atoms. The number of nitrogens with zero attached hydrogens (tertiary/aromatic N) is 1. The van der Waals surface area contributed by atoms with Crippen molar-refractivity contribution in [2.45, 2.75) is 19.3 Å². The molecule has 3 aromatic rings. The molecule has 0 unspecified atom stereocenters. The lowest BCUT2D eigenvalue weighted by Crippen LogP contribution is -2.21. The van der Waals surface area contributed by atoms with Gasteiger partial charge >= 0.3 is 0 Å². The third-order valence-electron chi connectivity index (χ3n) is 3.96.